The van der Waals surface area contributed by atoms with E-state index in [1.807, 2.05) is 0 Å². The minimum atomic E-state index is -4.70. The van der Waals surface area contributed by atoms with Gasteiger partial charge in [0.25, 0.3) is 5.82 Å². The van der Waals surface area contributed by atoms with Crippen LogP contribution in [0.2, 0.25) is 10.0 Å². The van der Waals surface area contributed by atoms with E-state index in [4.69, 9.17) is 23.2 Å². The van der Waals surface area contributed by atoms with Crippen LogP contribution in [-0.4, -0.2) is 14.8 Å². The maximum Gasteiger partial charge on any atom is 0.453 e. The van der Waals surface area contributed by atoms with Crippen LogP contribution in [-0.2, 0) is 6.18 Å². The number of hydrogen-bond donors (Lipinski definition) is 1. The van der Waals surface area contributed by atoms with Crippen LogP contribution in [0.4, 0.5) is 23.5 Å². The molecule has 28 heavy (non-hydrogen) atoms. The average Bonchev–Trinajstić information content (AvgIpc) is 3.08. The van der Waals surface area contributed by atoms with Crippen LogP contribution in [0.25, 0.3) is 5.70 Å². The molecule has 0 spiro atoms. The number of hydrogen-bond acceptors (Lipinski definition) is 3. The lowest BCUT2D eigenvalue weighted by Crippen LogP contribution is -2.20. The summed E-state index contributed by atoms with van der Waals surface area (Å²) < 4.78 is 53.7. The number of nitrogens with zero attached hydrogens (tertiary/aromatic N) is 3. The summed E-state index contributed by atoms with van der Waals surface area (Å²) in [5.41, 5.74) is 1.61. The molecule has 4 rings (SSSR count). The zero-order chi connectivity index (χ0) is 20.1. The number of nitrogens with one attached hydrogen (secondary N) is 1. The van der Waals surface area contributed by atoms with E-state index < -0.39 is 23.9 Å². The number of benzene rings is 2. The standard InChI is InChI=1S/C18H10Cl2F4N4/c19-12-6-3-10(7-13(12)20)15-8-14(9-1-4-11(21)5-2-9)25-17-26-16(18(22,23)24)27-28(15)17/h1-8,15H,(H,25,26,27)/t15-/m1/s1. The molecule has 2 heterocycles. The molecule has 144 valence electrons. The lowest BCUT2D eigenvalue weighted by Gasteiger charge is -2.24. The lowest BCUT2D eigenvalue weighted by molar-refractivity contribution is -0.145. The molecule has 0 radical (unpaired) electrons. The Bertz CT molecular complexity index is 1070. The van der Waals surface area contributed by atoms with Gasteiger partial charge in [0, 0.05) is 5.70 Å². The van der Waals surface area contributed by atoms with Crippen LogP contribution in [0.3, 0.4) is 0 Å². The number of rotatable bonds is 2. The quantitative estimate of drug-likeness (QED) is 0.524. The Morgan fingerprint density at radius 2 is 1.71 bits per heavy atom. The minimum Gasteiger partial charge on any atom is -0.324 e. The van der Waals surface area contributed by atoms with E-state index in [-0.39, 0.29) is 11.0 Å². The summed E-state index contributed by atoms with van der Waals surface area (Å²) in [6.45, 7) is 0. The Labute approximate surface area is 166 Å². The first-order chi connectivity index (χ1) is 13.2. The summed E-state index contributed by atoms with van der Waals surface area (Å²) in [6.07, 6.45) is -3.04. The van der Waals surface area contributed by atoms with Crippen molar-refractivity contribution < 1.29 is 17.6 Å². The van der Waals surface area contributed by atoms with Crippen LogP contribution in [0, 0.1) is 5.82 Å². The third-order valence-corrected chi connectivity index (χ3v) is 4.90. The molecule has 0 saturated carbocycles. The predicted molar refractivity (Wildman–Crippen MR) is 97.6 cm³/mol. The van der Waals surface area contributed by atoms with E-state index in [0.29, 0.717) is 21.8 Å². The molecule has 0 bridgehead atoms. The van der Waals surface area contributed by atoms with Crippen LogP contribution in [0.1, 0.15) is 23.0 Å². The normalized spacial score (nSPS) is 16.4. The van der Waals surface area contributed by atoms with E-state index >= 15 is 0 Å². The highest BCUT2D eigenvalue weighted by Crippen LogP contribution is 2.37. The molecule has 1 aliphatic rings. The Balaban J connectivity index is 1.85. The Kier molecular flexibility index (Phi) is 4.55. The third-order valence-electron chi connectivity index (χ3n) is 4.16. The van der Waals surface area contributed by atoms with Gasteiger partial charge in [0.05, 0.1) is 10.0 Å². The molecule has 0 saturated heterocycles. The topological polar surface area (TPSA) is 42.7 Å². The summed E-state index contributed by atoms with van der Waals surface area (Å²) in [5.74, 6) is -1.79. The van der Waals surface area contributed by atoms with Crippen LogP contribution in [0.15, 0.2) is 48.5 Å². The number of allylic oxidation sites excluding steroid dienone is 1. The summed E-state index contributed by atoms with van der Waals surface area (Å²) >= 11 is 12.0. The van der Waals surface area contributed by atoms with Crippen molar-refractivity contribution in [2.75, 3.05) is 5.32 Å². The highest BCUT2D eigenvalue weighted by Gasteiger charge is 2.39. The van der Waals surface area contributed by atoms with Gasteiger partial charge >= 0.3 is 6.18 Å². The van der Waals surface area contributed by atoms with Gasteiger partial charge in [0.1, 0.15) is 11.9 Å². The van der Waals surface area contributed by atoms with Gasteiger partial charge in [-0.05, 0) is 53.6 Å². The largest absolute Gasteiger partial charge is 0.453 e. The van der Waals surface area contributed by atoms with Crippen molar-refractivity contribution in [3.8, 4) is 0 Å². The summed E-state index contributed by atoms with van der Waals surface area (Å²) in [5, 5.41) is 7.00. The fraction of sp³-hybridized carbons (Fsp3) is 0.111. The number of fused-ring (bicyclic) bond motifs is 1. The number of aromatic nitrogens is 3. The summed E-state index contributed by atoms with van der Waals surface area (Å²) in [6, 6.07) is 9.55. The van der Waals surface area contributed by atoms with Crippen molar-refractivity contribution in [3.63, 3.8) is 0 Å². The second-order valence-electron chi connectivity index (χ2n) is 6.03. The molecule has 0 unspecified atom stereocenters. The van der Waals surface area contributed by atoms with Gasteiger partial charge in [0.2, 0.25) is 5.95 Å². The zero-order valence-electron chi connectivity index (χ0n) is 13.8. The Morgan fingerprint density at radius 3 is 2.36 bits per heavy atom. The van der Waals surface area contributed by atoms with Crippen LogP contribution < -0.4 is 5.32 Å². The summed E-state index contributed by atoms with van der Waals surface area (Å²) in [7, 11) is 0. The van der Waals surface area contributed by atoms with Crippen LogP contribution in [0.5, 0.6) is 0 Å². The van der Waals surface area contributed by atoms with Gasteiger partial charge in [-0.1, -0.05) is 29.3 Å². The van der Waals surface area contributed by atoms with Gasteiger partial charge in [-0.2, -0.15) is 18.2 Å². The van der Waals surface area contributed by atoms with E-state index in [2.05, 4.69) is 15.4 Å². The summed E-state index contributed by atoms with van der Waals surface area (Å²) in [4.78, 5) is 3.57. The molecule has 2 aromatic carbocycles. The lowest BCUT2D eigenvalue weighted by atomic mass is 10.0. The highest BCUT2D eigenvalue weighted by atomic mass is 35.5. The van der Waals surface area contributed by atoms with E-state index in [1.54, 1.807) is 24.3 Å². The van der Waals surface area contributed by atoms with Gasteiger partial charge in [-0.15, -0.1) is 5.10 Å². The molecule has 0 aliphatic carbocycles. The van der Waals surface area contributed by atoms with Crippen molar-refractivity contribution in [3.05, 3.63) is 81.4 Å². The molecule has 1 aromatic heterocycles. The van der Waals surface area contributed by atoms with Crippen molar-refractivity contribution in [2.24, 2.45) is 0 Å². The van der Waals surface area contributed by atoms with Gasteiger partial charge in [-0.25, -0.2) is 9.07 Å². The molecule has 1 aliphatic heterocycles. The number of halogens is 6. The fourth-order valence-electron chi connectivity index (χ4n) is 2.84. The highest BCUT2D eigenvalue weighted by molar-refractivity contribution is 6.42. The molecular formula is C18H10Cl2F4N4. The third kappa shape index (κ3) is 3.45. The molecule has 3 aromatic rings. The second kappa shape index (κ2) is 6.79. The first-order valence-electron chi connectivity index (χ1n) is 7.96. The minimum absolute atomic E-state index is 0.0924. The smallest absolute Gasteiger partial charge is 0.324 e. The Hall–Kier alpha value is -2.58. The molecule has 0 amide bonds. The zero-order valence-corrected chi connectivity index (χ0v) is 15.3. The molecule has 10 heteroatoms. The molecule has 1 N–H and O–H groups in total. The van der Waals surface area contributed by atoms with Crippen LogP contribution >= 0.6 is 23.2 Å². The fourth-order valence-corrected chi connectivity index (χ4v) is 3.15. The monoisotopic (exact) mass is 428 g/mol. The van der Waals surface area contributed by atoms with Crippen molar-refractivity contribution in [1.29, 1.82) is 0 Å². The first-order valence-corrected chi connectivity index (χ1v) is 8.71. The van der Waals surface area contributed by atoms with E-state index in [9.17, 15) is 17.6 Å². The predicted octanol–water partition coefficient (Wildman–Crippen LogP) is 5.80. The molecule has 4 nitrogen and oxygen atoms in total. The van der Waals surface area contributed by atoms with E-state index in [1.165, 1.54) is 24.3 Å². The first kappa shape index (κ1) is 18.8. The molecule has 0 fully saturated rings. The number of anilines is 1. The van der Waals surface area contributed by atoms with Gasteiger partial charge in [-0.3, -0.25) is 0 Å². The van der Waals surface area contributed by atoms with Gasteiger partial charge < -0.3 is 5.32 Å². The van der Waals surface area contributed by atoms with Crippen molar-refractivity contribution in [1.82, 2.24) is 14.8 Å². The number of alkyl halides is 3. The van der Waals surface area contributed by atoms with Gasteiger partial charge in [0.15, 0.2) is 0 Å². The van der Waals surface area contributed by atoms with Crippen molar-refractivity contribution in [2.45, 2.75) is 12.2 Å². The second-order valence-corrected chi connectivity index (χ2v) is 6.85. The maximum absolute atomic E-state index is 13.2. The SMILES string of the molecule is Fc1ccc(C2=C[C@H](c3ccc(Cl)c(Cl)c3)n3nc(C(F)(F)F)nc3N2)cc1. The van der Waals surface area contributed by atoms with Crippen molar-refractivity contribution >= 4 is 34.8 Å². The molecular weight excluding hydrogens is 419 g/mol. The molecule has 1 atom stereocenters. The van der Waals surface area contributed by atoms with E-state index in [0.717, 1.165) is 4.68 Å². The average molecular weight is 429 g/mol. The maximum atomic E-state index is 13.2. The Morgan fingerprint density at radius 1 is 1.00 bits per heavy atom.